The third kappa shape index (κ3) is 4.96. The predicted molar refractivity (Wildman–Crippen MR) is 91.4 cm³/mol. The van der Waals surface area contributed by atoms with E-state index >= 15 is 0 Å². The van der Waals surface area contributed by atoms with Crippen LogP contribution in [0.1, 0.15) is 18.9 Å². The van der Waals surface area contributed by atoms with E-state index < -0.39 is 0 Å². The third-order valence-corrected chi connectivity index (χ3v) is 4.54. The minimum atomic E-state index is -0.0894. The van der Waals surface area contributed by atoms with Crippen molar-refractivity contribution in [3.05, 3.63) is 34.9 Å². The molecular weight excluding hydrogens is 330 g/mol. The molecule has 1 aromatic rings. The molecular formula is C17H22ClN3O3. The lowest BCUT2D eigenvalue weighted by atomic mass is 10.2. The van der Waals surface area contributed by atoms with Crippen LogP contribution in [0.15, 0.2) is 24.3 Å². The minimum Gasteiger partial charge on any atom is -0.342 e. The standard InChI is InChI=1S/C17H22ClN3O3/c1-14(23)21(12-15-4-2-3-5-16(15)18)7-6-17(24)20-10-8-19(13-22)9-11-20/h2-5,13H,6-12H2,1H3. The topological polar surface area (TPSA) is 60.9 Å². The van der Waals surface area contributed by atoms with Crippen LogP contribution in [-0.2, 0) is 20.9 Å². The highest BCUT2D eigenvalue weighted by molar-refractivity contribution is 6.31. The molecule has 0 aliphatic carbocycles. The number of rotatable bonds is 6. The van der Waals surface area contributed by atoms with Crippen LogP contribution in [-0.4, -0.2) is 65.6 Å². The summed E-state index contributed by atoms with van der Waals surface area (Å²) in [6, 6.07) is 7.37. The average Bonchev–Trinajstić information content (AvgIpc) is 2.59. The number of carbonyl (C=O) groups is 3. The van der Waals surface area contributed by atoms with Gasteiger partial charge in [-0.15, -0.1) is 0 Å². The molecule has 1 aliphatic heterocycles. The first-order valence-electron chi connectivity index (χ1n) is 7.97. The summed E-state index contributed by atoms with van der Waals surface area (Å²) >= 11 is 6.14. The van der Waals surface area contributed by atoms with Crippen molar-refractivity contribution >= 4 is 29.8 Å². The Kier molecular flexibility index (Phi) is 6.61. The fourth-order valence-corrected chi connectivity index (χ4v) is 2.84. The summed E-state index contributed by atoms with van der Waals surface area (Å²) in [5.74, 6) is -0.0838. The molecule has 0 bridgehead atoms. The molecule has 1 saturated heterocycles. The summed E-state index contributed by atoms with van der Waals surface area (Å²) in [7, 11) is 0. The van der Waals surface area contributed by atoms with Crippen LogP contribution in [0, 0.1) is 0 Å². The van der Waals surface area contributed by atoms with Gasteiger partial charge in [0, 0.05) is 57.6 Å². The fourth-order valence-electron chi connectivity index (χ4n) is 2.65. The van der Waals surface area contributed by atoms with Crippen molar-refractivity contribution in [2.24, 2.45) is 0 Å². The van der Waals surface area contributed by atoms with Gasteiger partial charge in [0.15, 0.2) is 0 Å². The van der Waals surface area contributed by atoms with Gasteiger partial charge in [-0.05, 0) is 11.6 Å². The second-order valence-electron chi connectivity index (χ2n) is 5.80. The summed E-state index contributed by atoms with van der Waals surface area (Å²) in [5, 5.41) is 0.611. The minimum absolute atomic E-state index is 0.00552. The summed E-state index contributed by atoms with van der Waals surface area (Å²) in [4.78, 5) is 39.9. The lowest BCUT2D eigenvalue weighted by Gasteiger charge is -2.33. The molecule has 1 aliphatic rings. The molecule has 0 spiro atoms. The Hall–Kier alpha value is -2.08. The van der Waals surface area contributed by atoms with E-state index in [-0.39, 0.29) is 18.2 Å². The van der Waals surface area contributed by atoms with E-state index in [0.29, 0.717) is 44.3 Å². The molecule has 0 saturated carbocycles. The van der Waals surface area contributed by atoms with Gasteiger partial charge in [0.1, 0.15) is 0 Å². The number of hydrogen-bond donors (Lipinski definition) is 0. The van der Waals surface area contributed by atoms with Gasteiger partial charge in [0.2, 0.25) is 18.2 Å². The molecule has 0 unspecified atom stereocenters. The molecule has 130 valence electrons. The van der Waals surface area contributed by atoms with Crippen LogP contribution in [0.5, 0.6) is 0 Å². The number of hydrogen-bond acceptors (Lipinski definition) is 3. The summed E-state index contributed by atoms with van der Waals surface area (Å²) in [6.45, 7) is 4.44. The quantitative estimate of drug-likeness (QED) is 0.727. The van der Waals surface area contributed by atoms with Crippen molar-refractivity contribution in [1.29, 1.82) is 0 Å². The van der Waals surface area contributed by atoms with Gasteiger partial charge >= 0.3 is 0 Å². The molecule has 1 heterocycles. The maximum Gasteiger partial charge on any atom is 0.224 e. The highest BCUT2D eigenvalue weighted by atomic mass is 35.5. The van der Waals surface area contributed by atoms with Crippen LogP contribution in [0.3, 0.4) is 0 Å². The molecule has 0 N–H and O–H groups in total. The second-order valence-corrected chi connectivity index (χ2v) is 6.21. The first-order chi connectivity index (χ1) is 11.5. The zero-order chi connectivity index (χ0) is 17.5. The van der Waals surface area contributed by atoms with Crippen molar-refractivity contribution in [1.82, 2.24) is 14.7 Å². The zero-order valence-electron chi connectivity index (χ0n) is 13.8. The van der Waals surface area contributed by atoms with Crippen molar-refractivity contribution in [3.63, 3.8) is 0 Å². The van der Waals surface area contributed by atoms with Gasteiger partial charge in [-0.25, -0.2) is 0 Å². The molecule has 7 heteroatoms. The smallest absolute Gasteiger partial charge is 0.224 e. The van der Waals surface area contributed by atoms with Crippen molar-refractivity contribution in [2.45, 2.75) is 19.9 Å². The summed E-state index contributed by atoms with van der Waals surface area (Å²) < 4.78 is 0. The Balaban J connectivity index is 1.87. The lowest BCUT2D eigenvalue weighted by molar-refractivity contribution is -0.136. The largest absolute Gasteiger partial charge is 0.342 e. The van der Waals surface area contributed by atoms with Gasteiger partial charge in [0.25, 0.3) is 0 Å². The molecule has 24 heavy (non-hydrogen) atoms. The Morgan fingerprint density at radius 3 is 2.46 bits per heavy atom. The number of halogens is 1. The highest BCUT2D eigenvalue weighted by Crippen LogP contribution is 2.17. The third-order valence-electron chi connectivity index (χ3n) is 4.18. The number of benzene rings is 1. The van der Waals surface area contributed by atoms with Gasteiger partial charge in [0.05, 0.1) is 0 Å². The first-order valence-corrected chi connectivity index (χ1v) is 8.35. The highest BCUT2D eigenvalue weighted by Gasteiger charge is 2.21. The molecule has 0 atom stereocenters. The van der Waals surface area contributed by atoms with E-state index in [1.807, 2.05) is 18.2 Å². The fraction of sp³-hybridized carbons (Fsp3) is 0.471. The van der Waals surface area contributed by atoms with Crippen LogP contribution in [0.25, 0.3) is 0 Å². The SMILES string of the molecule is CC(=O)N(CCC(=O)N1CCN(C=O)CC1)Cc1ccccc1Cl. The van der Waals surface area contributed by atoms with Gasteiger partial charge in [-0.2, -0.15) is 0 Å². The van der Waals surface area contributed by atoms with Gasteiger partial charge in [-0.1, -0.05) is 29.8 Å². The Bertz CT molecular complexity index is 600. The normalized spacial score (nSPS) is 14.4. The van der Waals surface area contributed by atoms with Crippen molar-refractivity contribution in [2.75, 3.05) is 32.7 Å². The Morgan fingerprint density at radius 2 is 1.88 bits per heavy atom. The van der Waals surface area contributed by atoms with Gasteiger partial charge in [-0.3, -0.25) is 14.4 Å². The predicted octanol–water partition coefficient (Wildman–Crippen LogP) is 1.38. The molecule has 1 fully saturated rings. The zero-order valence-corrected chi connectivity index (χ0v) is 14.5. The molecule has 1 aromatic carbocycles. The Morgan fingerprint density at radius 1 is 1.21 bits per heavy atom. The number of carbonyl (C=O) groups excluding carboxylic acids is 3. The molecule has 0 radical (unpaired) electrons. The summed E-state index contributed by atoms with van der Waals surface area (Å²) in [6.07, 6.45) is 1.08. The number of nitrogens with zero attached hydrogens (tertiary/aromatic N) is 3. The first kappa shape index (κ1) is 18.3. The van der Waals surface area contributed by atoms with Crippen LogP contribution in [0.4, 0.5) is 0 Å². The van der Waals surface area contributed by atoms with E-state index in [1.165, 1.54) is 6.92 Å². The van der Waals surface area contributed by atoms with E-state index in [1.54, 1.807) is 20.8 Å². The number of piperazine rings is 1. The van der Waals surface area contributed by atoms with Crippen LogP contribution in [0.2, 0.25) is 5.02 Å². The molecule has 3 amide bonds. The molecule has 6 nitrogen and oxygen atoms in total. The van der Waals surface area contributed by atoms with E-state index in [0.717, 1.165) is 12.0 Å². The van der Waals surface area contributed by atoms with E-state index in [4.69, 9.17) is 11.6 Å². The summed E-state index contributed by atoms with van der Waals surface area (Å²) in [5.41, 5.74) is 0.862. The van der Waals surface area contributed by atoms with E-state index in [9.17, 15) is 14.4 Å². The maximum absolute atomic E-state index is 12.3. The molecule has 0 aromatic heterocycles. The van der Waals surface area contributed by atoms with Crippen LogP contribution >= 0.6 is 11.6 Å². The monoisotopic (exact) mass is 351 g/mol. The van der Waals surface area contributed by atoms with E-state index in [2.05, 4.69) is 0 Å². The second kappa shape index (κ2) is 8.68. The molecule has 2 rings (SSSR count). The van der Waals surface area contributed by atoms with Crippen molar-refractivity contribution in [3.8, 4) is 0 Å². The average molecular weight is 352 g/mol. The van der Waals surface area contributed by atoms with Crippen LogP contribution < -0.4 is 0 Å². The van der Waals surface area contributed by atoms with Crippen molar-refractivity contribution < 1.29 is 14.4 Å². The lowest BCUT2D eigenvalue weighted by Crippen LogP contribution is -2.48. The Labute approximate surface area is 147 Å². The number of amides is 3. The maximum atomic E-state index is 12.3. The van der Waals surface area contributed by atoms with Gasteiger partial charge < -0.3 is 14.7 Å².